The quantitative estimate of drug-likeness (QED) is 0.701. The zero-order valence-electron chi connectivity index (χ0n) is 8.60. The first-order valence-corrected chi connectivity index (χ1v) is 5.18. The summed E-state index contributed by atoms with van der Waals surface area (Å²) in [4.78, 5) is 1.75. The van der Waals surface area contributed by atoms with Crippen LogP contribution in [-0.2, 0) is 11.3 Å². The third-order valence-corrected chi connectivity index (χ3v) is 2.61. The molecule has 0 radical (unpaired) electrons. The van der Waals surface area contributed by atoms with Gasteiger partial charge in [-0.3, -0.25) is 0 Å². The summed E-state index contributed by atoms with van der Waals surface area (Å²) >= 11 is 0. The molecule has 1 aliphatic heterocycles. The molecule has 2 rings (SSSR count). The van der Waals surface area contributed by atoms with Crippen molar-refractivity contribution in [1.29, 1.82) is 5.26 Å². The molecule has 1 aromatic carbocycles. The Morgan fingerprint density at radius 2 is 2.20 bits per heavy atom. The molecule has 1 saturated heterocycles. The average Bonchev–Trinajstić information content (AvgIpc) is 2.76. The van der Waals surface area contributed by atoms with Gasteiger partial charge < -0.3 is 9.64 Å². The van der Waals surface area contributed by atoms with Gasteiger partial charge in [0, 0.05) is 6.54 Å². The summed E-state index contributed by atoms with van der Waals surface area (Å²) in [7, 11) is 0. The highest BCUT2D eigenvalue weighted by molar-refractivity contribution is 5.13. The fraction of sp³-hybridized carbons (Fsp3) is 0.417. The van der Waals surface area contributed by atoms with Crippen molar-refractivity contribution in [1.82, 2.24) is 4.90 Å². The van der Waals surface area contributed by atoms with Gasteiger partial charge in [0.1, 0.15) is 0 Å². The summed E-state index contributed by atoms with van der Waals surface area (Å²) < 4.78 is 5.73. The Hall–Kier alpha value is -1.53. The summed E-state index contributed by atoms with van der Waals surface area (Å²) in [6.45, 7) is 2.21. The summed E-state index contributed by atoms with van der Waals surface area (Å²) in [6, 6.07) is 10.1. The van der Waals surface area contributed by atoms with Crippen molar-refractivity contribution in [2.75, 3.05) is 13.1 Å². The highest BCUT2D eigenvalue weighted by Crippen LogP contribution is 2.13. The molecule has 1 aliphatic rings. The average molecular weight is 202 g/mol. The number of nitriles is 1. The van der Waals surface area contributed by atoms with Crippen LogP contribution in [0.2, 0.25) is 0 Å². The third-order valence-electron chi connectivity index (χ3n) is 2.61. The van der Waals surface area contributed by atoms with Gasteiger partial charge in [-0.15, -0.1) is 0 Å². The predicted molar refractivity (Wildman–Crippen MR) is 56.8 cm³/mol. The minimum Gasteiger partial charge on any atom is -0.372 e. The molecule has 1 unspecified atom stereocenters. The Morgan fingerprint density at radius 3 is 2.87 bits per heavy atom. The van der Waals surface area contributed by atoms with Crippen LogP contribution in [0.25, 0.3) is 0 Å². The maximum absolute atomic E-state index is 8.69. The SMILES string of the molecule is N#CN1CCC(OCc2ccccc2)C1. The number of hydrogen-bond donors (Lipinski definition) is 0. The normalized spacial score (nSPS) is 20.2. The van der Waals surface area contributed by atoms with E-state index in [1.807, 2.05) is 18.2 Å². The molecular weight excluding hydrogens is 188 g/mol. The van der Waals surface area contributed by atoms with Crippen LogP contribution in [0, 0.1) is 11.5 Å². The first kappa shape index (κ1) is 10.0. The van der Waals surface area contributed by atoms with Gasteiger partial charge in [0.15, 0.2) is 6.19 Å². The van der Waals surface area contributed by atoms with Crippen molar-refractivity contribution in [2.45, 2.75) is 19.1 Å². The Kier molecular flexibility index (Phi) is 3.21. The molecular formula is C12H14N2O. The summed E-state index contributed by atoms with van der Waals surface area (Å²) in [5, 5.41) is 8.69. The minimum absolute atomic E-state index is 0.213. The molecule has 0 aliphatic carbocycles. The van der Waals surface area contributed by atoms with Crippen LogP contribution in [0.5, 0.6) is 0 Å². The number of rotatable bonds is 3. The molecule has 0 aromatic heterocycles. The van der Waals surface area contributed by atoms with Crippen LogP contribution in [0.3, 0.4) is 0 Å². The van der Waals surface area contributed by atoms with Crippen LogP contribution in [-0.4, -0.2) is 24.1 Å². The van der Waals surface area contributed by atoms with E-state index >= 15 is 0 Å². The lowest BCUT2D eigenvalue weighted by Gasteiger charge is -2.11. The highest BCUT2D eigenvalue weighted by Gasteiger charge is 2.21. The highest BCUT2D eigenvalue weighted by atomic mass is 16.5. The van der Waals surface area contributed by atoms with Crippen molar-refractivity contribution in [3.8, 4) is 6.19 Å². The van der Waals surface area contributed by atoms with Gasteiger partial charge in [-0.2, -0.15) is 5.26 Å². The number of benzene rings is 1. The van der Waals surface area contributed by atoms with Crippen LogP contribution < -0.4 is 0 Å². The van der Waals surface area contributed by atoms with Gasteiger partial charge in [-0.05, 0) is 12.0 Å². The fourth-order valence-corrected chi connectivity index (χ4v) is 1.74. The standard InChI is InChI=1S/C12H14N2O/c13-10-14-7-6-12(8-14)15-9-11-4-2-1-3-5-11/h1-5,12H,6-9H2. The fourth-order valence-electron chi connectivity index (χ4n) is 1.74. The second-order valence-corrected chi connectivity index (χ2v) is 3.75. The van der Waals surface area contributed by atoms with Crippen molar-refractivity contribution in [3.05, 3.63) is 35.9 Å². The van der Waals surface area contributed by atoms with Crippen LogP contribution in [0.1, 0.15) is 12.0 Å². The first-order valence-electron chi connectivity index (χ1n) is 5.18. The van der Waals surface area contributed by atoms with Crippen molar-refractivity contribution >= 4 is 0 Å². The van der Waals surface area contributed by atoms with Gasteiger partial charge in [0.2, 0.25) is 0 Å². The summed E-state index contributed by atoms with van der Waals surface area (Å²) in [5.74, 6) is 0. The molecule has 0 N–H and O–H groups in total. The van der Waals surface area contributed by atoms with Crippen LogP contribution >= 0.6 is 0 Å². The predicted octanol–water partition coefficient (Wildman–Crippen LogP) is 1.76. The number of likely N-dealkylation sites (tertiary alicyclic amines) is 1. The summed E-state index contributed by atoms with van der Waals surface area (Å²) in [5.41, 5.74) is 1.19. The molecule has 1 fully saturated rings. The summed E-state index contributed by atoms with van der Waals surface area (Å²) in [6.07, 6.45) is 3.32. The molecule has 0 amide bonds. The van der Waals surface area contributed by atoms with Crippen molar-refractivity contribution in [3.63, 3.8) is 0 Å². The van der Waals surface area contributed by atoms with Gasteiger partial charge in [-0.25, -0.2) is 0 Å². The molecule has 1 aromatic rings. The van der Waals surface area contributed by atoms with E-state index in [0.29, 0.717) is 6.61 Å². The Bertz CT molecular complexity index is 344. The van der Waals surface area contributed by atoms with E-state index in [1.54, 1.807) is 4.90 Å². The van der Waals surface area contributed by atoms with E-state index in [0.717, 1.165) is 19.5 Å². The number of hydrogen-bond acceptors (Lipinski definition) is 3. The molecule has 1 heterocycles. The molecule has 15 heavy (non-hydrogen) atoms. The number of ether oxygens (including phenoxy) is 1. The Balaban J connectivity index is 1.78. The second kappa shape index (κ2) is 4.81. The molecule has 1 atom stereocenters. The van der Waals surface area contributed by atoms with E-state index in [1.165, 1.54) is 5.56 Å². The minimum atomic E-state index is 0.213. The molecule has 0 bridgehead atoms. The van der Waals surface area contributed by atoms with Crippen LogP contribution in [0.4, 0.5) is 0 Å². The van der Waals surface area contributed by atoms with E-state index in [-0.39, 0.29) is 6.10 Å². The van der Waals surface area contributed by atoms with E-state index in [4.69, 9.17) is 10.00 Å². The van der Waals surface area contributed by atoms with E-state index < -0.39 is 0 Å². The van der Waals surface area contributed by atoms with Crippen molar-refractivity contribution < 1.29 is 4.74 Å². The zero-order chi connectivity index (χ0) is 10.5. The molecule has 3 heteroatoms. The molecule has 3 nitrogen and oxygen atoms in total. The maximum Gasteiger partial charge on any atom is 0.179 e. The monoisotopic (exact) mass is 202 g/mol. The number of nitrogens with zero attached hydrogens (tertiary/aromatic N) is 2. The largest absolute Gasteiger partial charge is 0.372 e. The van der Waals surface area contributed by atoms with Gasteiger partial charge >= 0.3 is 0 Å². The van der Waals surface area contributed by atoms with Gasteiger partial charge in [0.25, 0.3) is 0 Å². The van der Waals surface area contributed by atoms with E-state index in [9.17, 15) is 0 Å². The molecule has 78 valence electrons. The van der Waals surface area contributed by atoms with Crippen molar-refractivity contribution in [2.24, 2.45) is 0 Å². The Morgan fingerprint density at radius 1 is 1.40 bits per heavy atom. The second-order valence-electron chi connectivity index (χ2n) is 3.75. The zero-order valence-corrected chi connectivity index (χ0v) is 8.60. The Labute approximate surface area is 89.9 Å². The smallest absolute Gasteiger partial charge is 0.179 e. The first-order chi connectivity index (χ1) is 7.38. The third kappa shape index (κ3) is 2.71. The lowest BCUT2D eigenvalue weighted by Crippen LogP contribution is -2.18. The topological polar surface area (TPSA) is 36.3 Å². The van der Waals surface area contributed by atoms with Gasteiger partial charge in [0.05, 0.1) is 19.3 Å². The van der Waals surface area contributed by atoms with Crippen LogP contribution in [0.15, 0.2) is 30.3 Å². The van der Waals surface area contributed by atoms with Gasteiger partial charge in [-0.1, -0.05) is 30.3 Å². The van der Waals surface area contributed by atoms with E-state index in [2.05, 4.69) is 18.3 Å². The maximum atomic E-state index is 8.69. The molecule has 0 spiro atoms. The lowest BCUT2D eigenvalue weighted by molar-refractivity contribution is 0.0498. The molecule has 0 saturated carbocycles. The lowest BCUT2D eigenvalue weighted by atomic mass is 10.2.